The first-order valence-electron chi connectivity index (χ1n) is 6.12. The second-order valence-electron chi connectivity index (χ2n) is 4.48. The first kappa shape index (κ1) is 13.4. The largest absolute Gasteiger partial charge is 0.377 e. The van der Waals surface area contributed by atoms with E-state index in [4.69, 9.17) is 4.74 Å². The number of nitrogens with one attached hydrogen (secondary N) is 1. The van der Waals surface area contributed by atoms with Crippen LogP contribution in [-0.4, -0.2) is 19.3 Å². The van der Waals surface area contributed by atoms with E-state index in [-0.39, 0.29) is 18.2 Å². The lowest BCUT2D eigenvalue weighted by atomic mass is 10.1. The predicted molar refractivity (Wildman–Crippen MR) is 61.6 cm³/mol. The van der Waals surface area contributed by atoms with Gasteiger partial charge in [-0.2, -0.15) is 0 Å². The maximum Gasteiger partial charge on any atom is 0.161 e. The Labute approximate surface area is 104 Å². The van der Waals surface area contributed by atoms with Crippen molar-refractivity contribution in [1.29, 1.82) is 0 Å². The molecule has 1 aliphatic heterocycles. The van der Waals surface area contributed by atoms with E-state index in [2.05, 4.69) is 5.32 Å². The lowest BCUT2D eigenvalue weighted by Crippen LogP contribution is -2.31. The summed E-state index contributed by atoms with van der Waals surface area (Å²) in [5.74, 6) is -2.92. The van der Waals surface area contributed by atoms with E-state index in [1.165, 1.54) is 0 Å². The third-order valence-electron chi connectivity index (χ3n) is 3.05. The van der Waals surface area contributed by atoms with E-state index in [0.717, 1.165) is 31.9 Å². The molecule has 0 spiro atoms. The molecule has 0 bridgehead atoms. The summed E-state index contributed by atoms with van der Waals surface area (Å²) in [6.45, 7) is 1.52. The molecule has 2 rings (SSSR count). The van der Waals surface area contributed by atoms with Crippen molar-refractivity contribution in [1.82, 2.24) is 5.32 Å². The Kier molecular flexibility index (Phi) is 4.60. The monoisotopic (exact) mass is 259 g/mol. The number of benzene rings is 1. The van der Waals surface area contributed by atoms with E-state index in [9.17, 15) is 13.2 Å². The molecule has 0 aromatic heterocycles. The van der Waals surface area contributed by atoms with Crippen molar-refractivity contribution in [3.63, 3.8) is 0 Å². The first-order valence-corrected chi connectivity index (χ1v) is 6.12. The average molecular weight is 259 g/mol. The molecule has 1 heterocycles. The normalized spacial score (nSPS) is 20.1. The number of hydrogen-bond donors (Lipinski definition) is 1. The minimum atomic E-state index is -1.16. The van der Waals surface area contributed by atoms with E-state index >= 15 is 0 Å². The third kappa shape index (κ3) is 3.46. The Morgan fingerprint density at radius 2 is 1.89 bits per heavy atom. The van der Waals surface area contributed by atoms with E-state index in [0.29, 0.717) is 12.6 Å². The molecule has 2 nitrogen and oxygen atoms in total. The van der Waals surface area contributed by atoms with Gasteiger partial charge >= 0.3 is 0 Å². The third-order valence-corrected chi connectivity index (χ3v) is 3.05. The SMILES string of the molecule is Fc1cc(F)c(CNCC2CCCCO2)cc1F. The zero-order valence-corrected chi connectivity index (χ0v) is 10.0. The highest BCUT2D eigenvalue weighted by molar-refractivity contribution is 5.19. The van der Waals surface area contributed by atoms with Gasteiger partial charge in [-0.25, -0.2) is 13.2 Å². The number of ether oxygens (including phenoxy) is 1. The maximum atomic E-state index is 13.3. The van der Waals surface area contributed by atoms with Gasteiger partial charge in [-0.15, -0.1) is 0 Å². The summed E-state index contributed by atoms with van der Waals surface area (Å²) in [5.41, 5.74) is 0.129. The second kappa shape index (κ2) is 6.20. The molecule has 5 heteroatoms. The van der Waals surface area contributed by atoms with E-state index in [1.54, 1.807) is 0 Å². The first-order chi connectivity index (χ1) is 8.66. The second-order valence-corrected chi connectivity index (χ2v) is 4.48. The van der Waals surface area contributed by atoms with Gasteiger partial charge < -0.3 is 10.1 Å². The van der Waals surface area contributed by atoms with Gasteiger partial charge in [-0.05, 0) is 25.3 Å². The zero-order chi connectivity index (χ0) is 13.0. The zero-order valence-electron chi connectivity index (χ0n) is 10.0. The van der Waals surface area contributed by atoms with Gasteiger partial charge in [-0.1, -0.05) is 0 Å². The molecule has 1 N–H and O–H groups in total. The van der Waals surface area contributed by atoms with Gasteiger partial charge in [0.05, 0.1) is 6.10 Å². The van der Waals surface area contributed by atoms with Crippen LogP contribution < -0.4 is 5.32 Å². The van der Waals surface area contributed by atoms with Gasteiger partial charge in [0, 0.05) is 31.3 Å². The Balaban J connectivity index is 1.84. The van der Waals surface area contributed by atoms with Crippen LogP contribution in [0.2, 0.25) is 0 Å². The fourth-order valence-corrected chi connectivity index (χ4v) is 2.04. The lowest BCUT2D eigenvalue weighted by Gasteiger charge is -2.22. The molecule has 1 fully saturated rings. The van der Waals surface area contributed by atoms with Crippen LogP contribution in [0, 0.1) is 17.5 Å². The Hall–Kier alpha value is -1.07. The predicted octanol–water partition coefficient (Wildman–Crippen LogP) is 2.76. The highest BCUT2D eigenvalue weighted by Gasteiger charge is 2.14. The van der Waals surface area contributed by atoms with Crippen LogP contribution in [0.5, 0.6) is 0 Å². The molecule has 0 amide bonds. The molecule has 1 aromatic rings. The van der Waals surface area contributed by atoms with Gasteiger partial charge in [0.1, 0.15) is 5.82 Å². The minimum Gasteiger partial charge on any atom is -0.377 e. The quantitative estimate of drug-likeness (QED) is 0.839. The highest BCUT2D eigenvalue weighted by atomic mass is 19.2. The lowest BCUT2D eigenvalue weighted by molar-refractivity contribution is 0.0167. The number of rotatable bonds is 4. The van der Waals surface area contributed by atoms with Gasteiger partial charge in [-0.3, -0.25) is 0 Å². The van der Waals surface area contributed by atoms with Gasteiger partial charge in [0.2, 0.25) is 0 Å². The summed E-state index contributed by atoms with van der Waals surface area (Å²) in [4.78, 5) is 0. The molecule has 1 aliphatic rings. The summed E-state index contributed by atoms with van der Waals surface area (Å²) in [6.07, 6.45) is 3.32. The summed E-state index contributed by atoms with van der Waals surface area (Å²) in [7, 11) is 0. The fourth-order valence-electron chi connectivity index (χ4n) is 2.04. The van der Waals surface area contributed by atoms with Crippen LogP contribution in [0.15, 0.2) is 12.1 Å². The van der Waals surface area contributed by atoms with Crippen LogP contribution >= 0.6 is 0 Å². The summed E-state index contributed by atoms with van der Waals surface area (Å²) in [6, 6.07) is 1.46. The van der Waals surface area contributed by atoms with Crippen molar-refractivity contribution < 1.29 is 17.9 Å². The molecule has 0 radical (unpaired) electrons. The number of hydrogen-bond acceptors (Lipinski definition) is 2. The van der Waals surface area contributed by atoms with E-state index in [1.807, 2.05) is 0 Å². The molecular weight excluding hydrogens is 243 g/mol. The number of halogens is 3. The summed E-state index contributed by atoms with van der Waals surface area (Å²) in [5, 5.41) is 3.00. The smallest absolute Gasteiger partial charge is 0.161 e. The van der Waals surface area contributed by atoms with Crippen molar-refractivity contribution in [2.24, 2.45) is 0 Å². The van der Waals surface area contributed by atoms with Crippen molar-refractivity contribution >= 4 is 0 Å². The summed E-state index contributed by atoms with van der Waals surface area (Å²) >= 11 is 0. The molecule has 1 saturated heterocycles. The Bertz CT molecular complexity index is 405. The average Bonchev–Trinajstić information content (AvgIpc) is 2.37. The maximum absolute atomic E-state index is 13.3. The van der Waals surface area contributed by atoms with Crippen LogP contribution in [-0.2, 0) is 11.3 Å². The van der Waals surface area contributed by atoms with Crippen LogP contribution in [0.3, 0.4) is 0 Å². The molecule has 1 aromatic carbocycles. The molecule has 1 unspecified atom stereocenters. The van der Waals surface area contributed by atoms with Crippen molar-refractivity contribution in [2.45, 2.75) is 31.9 Å². The van der Waals surface area contributed by atoms with Gasteiger partial charge in [0.25, 0.3) is 0 Å². The van der Waals surface area contributed by atoms with Crippen molar-refractivity contribution in [3.05, 3.63) is 35.1 Å². The van der Waals surface area contributed by atoms with E-state index < -0.39 is 17.5 Å². The Morgan fingerprint density at radius 1 is 1.11 bits per heavy atom. The topological polar surface area (TPSA) is 21.3 Å². The van der Waals surface area contributed by atoms with Crippen molar-refractivity contribution in [2.75, 3.05) is 13.2 Å². The fraction of sp³-hybridized carbons (Fsp3) is 0.538. The summed E-state index contributed by atoms with van der Waals surface area (Å²) < 4.78 is 44.5. The Morgan fingerprint density at radius 3 is 2.61 bits per heavy atom. The molecule has 0 saturated carbocycles. The van der Waals surface area contributed by atoms with Crippen LogP contribution in [0.4, 0.5) is 13.2 Å². The van der Waals surface area contributed by atoms with Crippen LogP contribution in [0.1, 0.15) is 24.8 Å². The van der Waals surface area contributed by atoms with Gasteiger partial charge in [0.15, 0.2) is 11.6 Å². The molecule has 18 heavy (non-hydrogen) atoms. The minimum absolute atomic E-state index is 0.129. The molecule has 0 aliphatic carbocycles. The molecule has 100 valence electrons. The molecule has 1 atom stereocenters. The van der Waals surface area contributed by atoms with Crippen LogP contribution in [0.25, 0.3) is 0 Å². The van der Waals surface area contributed by atoms with Crippen molar-refractivity contribution in [3.8, 4) is 0 Å². The standard InChI is InChI=1S/C13H16F3NO/c14-11-6-13(16)12(15)5-9(11)7-17-8-10-3-1-2-4-18-10/h5-6,10,17H,1-4,7-8H2. The molecular formula is C13H16F3NO. The highest BCUT2D eigenvalue weighted by Crippen LogP contribution is 2.14.